The maximum atomic E-state index is 11.8. The Labute approximate surface area is 89.8 Å². The molecule has 0 unspecified atom stereocenters. The third kappa shape index (κ3) is 2.30. The molecule has 0 aromatic rings. The highest BCUT2D eigenvalue weighted by molar-refractivity contribution is 5.91. The van der Waals surface area contributed by atoms with Crippen LogP contribution in [-0.4, -0.2) is 23.4 Å². The van der Waals surface area contributed by atoms with Crippen molar-refractivity contribution >= 4 is 11.8 Å². The predicted octanol–water partition coefficient (Wildman–Crippen LogP) is 0.714. The van der Waals surface area contributed by atoms with Crippen molar-refractivity contribution in [2.45, 2.75) is 57.0 Å². The number of carbonyl (C=O) groups is 2. The van der Waals surface area contributed by atoms with Crippen LogP contribution in [0.1, 0.15) is 45.4 Å². The quantitative estimate of drug-likeness (QED) is 0.705. The van der Waals surface area contributed by atoms with Gasteiger partial charge < -0.3 is 10.6 Å². The minimum Gasteiger partial charge on any atom is -0.349 e. The molecule has 0 spiro atoms. The van der Waals surface area contributed by atoms with E-state index in [0.29, 0.717) is 12.8 Å². The van der Waals surface area contributed by atoms with Crippen molar-refractivity contribution in [2.75, 3.05) is 0 Å². The van der Waals surface area contributed by atoms with E-state index in [4.69, 9.17) is 0 Å². The summed E-state index contributed by atoms with van der Waals surface area (Å²) in [6.45, 7) is 2.09. The number of hydrogen-bond donors (Lipinski definition) is 2. The van der Waals surface area contributed by atoms with Crippen LogP contribution in [0.5, 0.6) is 0 Å². The van der Waals surface area contributed by atoms with Gasteiger partial charge in [-0.1, -0.05) is 12.8 Å². The molecule has 2 rings (SSSR count). The maximum Gasteiger partial charge on any atom is 0.243 e. The molecule has 2 aliphatic rings. The first-order valence-corrected chi connectivity index (χ1v) is 5.70. The maximum absolute atomic E-state index is 11.8. The molecule has 1 saturated carbocycles. The van der Waals surface area contributed by atoms with Crippen molar-refractivity contribution in [3.8, 4) is 0 Å². The lowest BCUT2D eigenvalue weighted by molar-refractivity contribution is -0.127. The molecule has 84 valence electrons. The van der Waals surface area contributed by atoms with E-state index >= 15 is 0 Å². The van der Waals surface area contributed by atoms with Crippen LogP contribution < -0.4 is 10.6 Å². The van der Waals surface area contributed by atoms with E-state index in [0.717, 1.165) is 12.8 Å². The highest BCUT2D eigenvalue weighted by Gasteiger charge is 2.34. The molecule has 2 N–H and O–H groups in total. The fourth-order valence-corrected chi connectivity index (χ4v) is 2.48. The van der Waals surface area contributed by atoms with Crippen LogP contribution in [0.2, 0.25) is 0 Å². The van der Waals surface area contributed by atoms with E-state index in [2.05, 4.69) is 17.6 Å². The zero-order valence-corrected chi connectivity index (χ0v) is 9.14. The number of nitrogens with one attached hydrogen (secondary N) is 2. The first kappa shape index (κ1) is 10.5. The summed E-state index contributed by atoms with van der Waals surface area (Å²) in [5.41, 5.74) is -0.0373. The zero-order valence-electron chi connectivity index (χ0n) is 9.14. The number of hydrogen-bond acceptors (Lipinski definition) is 2. The molecule has 1 saturated heterocycles. The van der Waals surface area contributed by atoms with E-state index in [-0.39, 0.29) is 23.4 Å². The predicted molar refractivity (Wildman–Crippen MR) is 56.2 cm³/mol. The molecule has 0 aromatic carbocycles. The van der Waals surface area contributed by atoms with Gasteiger partial charge in [0.1, 0.15) is 6.04 Å². The highest BCUT2D eigenvalue weighted by atomic mass is 16.2. The van der Waals surface area contributed by atoms with Crippen molar-refractivity contribution < 1.29 is 9.59 Å². The summed E-state index contributed by atoms with van der Waals surface area (Å²) in [4.78, 5) is 22.8. The molecule has 4 nitrogen and oxygen atoms in total. The zero-order chi connectivity index (χ0) is 10.9. The molecule has 4 heteroatoms. The Balaban J connectivity index is 1.89. The van der Waals surface area contributed by atoms with Crippen LogP contribution in [0.4, 0.5) is 0 Å². The third-order valence-electron chi connectivity index (χ3n) is 3.44. The van der Waals surface area contributed by atoms with Crippen LogP contribution in [-0.2, 0) is 9.59 Å². The van der Waals surface area contributed by atoms with Crippen LogP contribution in [0.25, 0.3) is 0 Å². The van der Waals surface area contributed by atoms with Gasteiger partial charge in [-0.05, 0) is 26.2 Å². The van der Waals surface area contributed by atoms with Gasteiger partial charge in [0.05, 0.1) is 0 Å². The summed E-state index contributed by atoms with van der Waals surface area (Å²) in [6.07, 6.45) is 5.61. The van der Waals surface area contributed by atoms with Crippen molar-refractivity contribution in [3.05, 3.63) is 0 Å². The molecular formula is C11H18N2O2. The van der Waals surface area contributed by atoms with E-state index in [9.17, 15) is 9.59 Å². The molecule has 2 amide bonds. The topological polar surface area (TPSA) is 58.2 Å². The van der Waals surface area contributed by atoms with Gasteiger partial charge in [-0.2, -0.15) is 0 Å². The van der Waals surface area contributed by atoms with Gasteiger partial charge in [-0.15, -0.1) is 0 Å². The van der Waals surface area contributed by atoms with Crippen LogP contribution in [0, 0.1) is 0 Å². The molecule has 0 aromatic heterocycles. The van der Waals surface area contributed by atoms with Gasteiger partial charge in [0.2, 0.25) is 11.8 Å². The smallest absolute Gasteiger partial charge is 0.243 e. The second-order valence-electron chi connectivity index (χ2n) is 4.92. The summed E-state index contributed by atoms with van der Waals surface area (Å²) in [5, 5.41) is 5.76. The van der Waals surface area contributed by atoms with Crippen molar-refractivity contribution in [1.29, 1.82) is 0 Å². The number of rotatable bonds is 2. The van der Waals surface area contributed by atoms with E-state index < -0.39 is 0 Å². The minimum atomic E-state index is -0.296. The van der Waals surface area contributed by atoms with Crippen LogP contribution in [0.3, 0.4) is 0 Å². The van der Waals surface area contributed by atoms with Gasteiger partial charge in [0.25, 0.3) is 0 Å². The number of carbonyl (C=O) groups excluding carboxylic acids is 2. The largest absolute Gasteiger partial charge is 0.349 e. The second kappa shape index (κ2) is 3.83. The Morgan fingerprint density at radius 3 is 2.67 bits per heavy atom. The molecule has 1 heterocycles. The van der Waals surface area contributed by atoms with Gasteiger partial charge in [0, 0.05) is 12.0 Å². The number of amides is 2. The molecule has 1 atom stereocenters. The first-order valence-electron chi connectivity index (χ1n) is 5.70. The molecule has 15 heavy (non-hydrogen) atoms. The Bertz CT molecular complexity index is 282. The first-order chi connectivity index (χ1) is 7.09. The Kier molecular flexibility index (Phi) is 2.67. The molecule has 0 radical (unpaired) electrons. The molecular weight excluding hydrogens is 192 g/mol. The van der Waals surface area contributed by atoms with Gasteiger partial charge >= 0.3 is 0 Å². The second-order valence-corrected chi connectivity index (χ2v) is 4.92. The van der Waals surface area contributed by atoms with Crippen LogP contribution >= 0.6 is 0 Å². The average Bonchev–Trinajstić information content (AvgIpc) is 2.75. The Hall–Kier alpha value is -1.06. The monoisotopic (exact) mass is 210 g/mol. The van der Waals surface area contributed by atoms with Gasteiger partial charge in [0.15, 0.2) is 0 Å². The van der Waals surface area contributed by atoms with Crippen LogP contribution in [0.15, 0.2) is 0 Å². The fourth-order valence-electron chi connectivity index (χ4n) is 2.48. The summed E-state index contributed by atoms with van der Waals surface area (Å²) >= 11 is 0. The molecule has 1 aliphatic carbocycles. The van der Waals surface area contributed by atoms with Crippen molar-refractivity contribution in [3.63, 3.8) is 0 Å². The summed E-state index contributed by atoms with van der Waals surface area (Å²) in [6, 6.07) is -0.296. The molecule has 2 fully saturated rings. The standard InChI is InChI=1S/C11H18N2O2/c1-11(6-2-3-7-11)13-10(15)8-4-5-9(14)12-8/h8H,2-7H2,1H3,(H,12,14)(H,13,15)/t8-/m1/s1. The van der Waals surface area contributed by atoms with Gasteiger partial charge in [-0.3, -0.25) is 9.59 Å². The minimum absolute atomic E-state index is 0.00766. The highest BCUT2D eigenvalue weighted by Crippen LogP contribution is 2.29. The molecule has 1 aliphatic heterocycles. The van der Waals surface area contributed by atoms with Crippen molar-refractivity contribution in [2.24, 2.45) is 0 Å². The summed E-state index contributed by atoms with van der Waals surface area (Å²) < 4.78 is 0. The van der Waals surface area contributed by atoms with E-state index in [1.807, 2.05) is 0 Å². The molecule has 0 bridgehead atoms. The Morgan fingerprint density at radius 1 is 1.47 bits per heavy atom. The van der Waals surface area contributed by atoms with Crippen molar-refractivity contribution in [1.82, 2.24) is 10.6 Å². The van der Waals surface area contributed by atoms with E-state index in [1.54, 1.807) is 0 Å². The lowest BCUT2D eigenvalue weighted by Gasteiger charge is -2.26. The SMILES string of the molecule is CC1(NC(=O)[C@H]2CCC(=O)N2)CCCC1. The van der Waals surface area contributed by atoms with Gasteiger partial charge in [-0.25, -0.2) is 0 Å². The normalized spacial score (nSPS) is 28.9. The summed E-state index contributed by atoms with van der Waals surface area (Å²) in [7, 11) is 0. The lowest BCUT2D eigenvalue weighted by Crippen LogP contribution is -2.50. The summed E-state index contributed by atoms with van der Waals surface area (Å²) in [5.74, 6) is -0.0167. The van der Waals surface area contributed by atoms with E-state index in [1.165, 1.54) is 12.8 Å². The fraction of sp³-hybridized carbons (Fsp3) is 0.818. The Morgan fingerprint density at radius 2 is 2.13 bits per heavy atom. The lowest BCUT2D eigenvalue weighted by atomic mass is 10.00. The average molecular weight is 210 g/mol. The third-order valence-corrected chi connectivity index (χ3v) is 3.44.